The molecule has 0 unspecified atom stereocenters. The van der Waals surface area contributed by atoms with Crippen molar-refractivity contribution in [2.75, 3.05) is 28.7 Å². The molecule has 0 radical (unpaired) electrons. The minimum Gasteiger partial charge on any atom is -0.394 e. The molecule has 1 aliphatic rings. The molecule has 1 fully saturated rings. The monoisotopic (exact) mass is 423 g/mol. The number of anilines is 3. The highest BCUT2D eigenvalue weighted by Crippen LogP contribution is 2.27. The first-order chi connectivity index (χ1) is 15.0. The first kappa shape index (κ1) is 21.0. The standard InChI is InChI=1S/C22H29N7O2/c1-14(2)19-12-24-29-20(19)26-22(28-10-4-5-18(28)13-30)27-21(29)23-11-16-6-8-17(9-7-16)25-15(3)31/h6-9,12,14,18,30H,4-5,10-11,13H2,1-3H3,(H,25,31)(H,23,26,27)/t18-/m0/s1. The van der Waals surface area contributed by atoms with Crippen molar-refractivity contribution in [2.24, 2.45) is 0 Å². The maximum absolute atomic E-state index is 11.2. The third kappa shape index (κ3) is 4.46. The zero-order chi connectivity index (χ0) is 22.0. The van der Waals surface area contributed by atoms with Crippen LogP contribution < -0.4 is 15.5 Å². The van der Waals surface area contributed by atoms with Crippen LogP contribution in [0.5, 0.6) is 0 Å². The number of nitrogens with zero attached hydrogens (tertiary/aromatic N) is 5. The van der Waals surface area contributed by atoms with Crippen molar-refractivity contribution in [2.45, 2.75) is 52.1 Å². The number of aliphatic hydroxyl groups is 1. The summed E-state index contributed by atoms with van der Waals surface area (Å²) < 4.78 is 1.74. The van der Waals surface area contributed by atoms with Gasteiger partial charge >= 0.3 is 0 Å². The quantitative estimate of drug-likeness (QED) is 0.536. The molecule has 1 atom stereocenters. The normalized spacial score (nSPS) is 16.3. The second-order valence-electron chi connectivity index (χ2n) is 8.24. The molecule has 1 amide bonds. The van der Waals surface area contributed by atoms with Crippen molar-refractivity contribution in [1.29, 1.82) is 0 Å². The molecule has 2 aromatic heterocycles. The molecular formula is C22H29N7O2. The number of carbonyl (C=O) groups is 1. The highest BCUT2D eigenvalue weighted by atomic mass is 16.3. The summed E-state index contributed by atoms with van der Waals surface area (Å²) in [5, 5.41) is 20.4. The van der Waals surface area contributed by atoms with E-state index >= 15 is 0 Å². The van der Waals surface area contributed by atoms with E-state index in [9.17, 15) is 9.90 Å². The Balaban J connectivity index is 1.63. The molecule has 3 heterocycles. The molecule has 31 heavy (non-hydrogen) atoms. The Hall–Kier alpha value is -3.20. The summed E-state index contributed by atoms with van der Waals surface area (Å²) in [5.74, 6) is 1.42. The Morgan fingerprint density at radius 1 is 1.26 bits per heavy atom. The number of aromatic nitrogens is 4. The van der Waals surface area contributed by atoms with E-state index in [2.05, 4.69) is 34.5 Å². The van der Waals surface area contributed by atoms with Crippen molar-refractivity contribution in [3.8, 4) is 0 Å². The lowest BCUT2D eigenvalue weighted by Crippen LogP contribution is -2.34. The molecule has 0 bridgehead atoms. The number of fused-ring (bicyclic) bond motifs is 1. The molecule has 1 saturated heterocycles. The van der Waals surface area contributed by atoms with Crippen LogP contribution in [0, 0.1) is 0 Å². The second kappa shape index (κ2) is 8.89. The molecule has 3 aromatic rings. The summed E-state index contributed by atoms with van der Waals surface area (Å²) >= 11 is 0. The van der Waals surface area contributed by atoms with Gasteiger partial charge in [-0.2, -0.15) is 19.6 Å². The van der Waals surface area contributed by atoms with Crippen LogP contribution in [0.15, 0.2) is 30.5 Å². The number of benzene rings is 1. The number of aliphatic hydroxyl groups excluding tert-OH is 1. The van der Waals surface area contributed by atoms with Crippen LogP contribution in [0.1, 0.15) is 50.7 Å². The lowest BCUT2D eigenvalue weighted by Gasteiger charge is -2.23. The highest BCUT2D eigenvalue weighted by molar-refractivity contribution is 5.88. The summed E-state index contributed by atoms with van der Waals surface area (Å²) in [7, 11) is 0. The van der Waals surface area contributed by atoms with Crippen molar-refractivity contribution >= 4 is 29.1 Å². The van der Waals surface area contributed by atoms with Crippen LogP contribution in [0.2, 0.25) is 0 Å². The van der Waals surface area contributed by atoms with Crippen LogP contribution >= 0.6 is 0 Å². The molecule has 3 N–H and O–H groups in total. The van der Waals surface area contributed by atoms with Crippen LogP contribution in [-0.4, -0.2) is 49.8 Å². The number of nitrogens with one attached hydrogen (secondary N) is 2. The third-order valence-electron chi connectivity index (χ3n) is 5.58. The first-order valence-corrected chi connectivity index (χ1v) is 10.7. The average Bonchev–Trinajstić information content (AvgIpc) is 3.39. The molecular weight excluding hydrogens is 394 g/mol. The van der Waals surface area contributed by atoms with Crippen molar-refractivity contribution in [3.05, 3.63) is 41.6 Å². The van der Waals surface area contributed by atoms with E-state index < -0.39 is 0 Å². The van der Waals surface area contributed by atoms with E-state index in [0.29, 0.717) is 18.4 Å². The zero-order valence-electron chi connectivity index (χ0n) is 18.2. The van der Waals surface area contributed by atoms with Crippen molar-refractivity contribution in [1.82, 2.24) is 19.6 Å². The van der Waals surface area contributed by atoms with Gasteiger partial charge in [0.05, 0.1) is 18.8 Å². The topological polar surface area (TPSA) is 108 Å². The van der Waals surface area contributed by atoms with Gasteiger partial charge in [-0.15, -0.1) is 0 Å². The number of rotatable bonds is 7. The lowest BCUT2D eigenvalue weighted by atomic mass is 10.1. The minimum atomic E-state index is -0.0930. The number of carbonyl (C=O) groups excluding carboxylic acids is 1. The maximum Gasteiger partial charge on any atom is 0.231 e. The van der Waals surface area contributed by atoms with Gasteiger partial charge in [0.15, 0.2) is 5.65 Å². The van der Waals surface area contributed by atoms with Gasteiger partial charge in [0.2, 0.25) is 17.8 Å². The fourth-order valence-electron chi connectivity index (χ4n) is 3.91. The van der Waals surface area contributed by atoms with Gasteiger partial charge < -0.3 is 20.6 Å². The first-order valence-electron chi connectivity index (χ1n) is 10.7. The van der Waals surface area contributed by atoms with Gasteiger partial charge in [-0.1, -0.05) is 26.0 Å². The fraction of sp³-hybridized carbons (Fsp3) is 0.455. The smallest absolute Gasteiger partial charge is 0.231 e. The Bertz CT molecular complexity index is 1060. The highest BCUT2D eigenvalue weighted by Gasteiger charge is 2.27. The number of hydrogen-bond acceptors (Lipinski definition) is 7. The molecule has 164 valence electrons. The van der Waals surface area contributed by atoms with Crippen LogP contribution in [0.3, 0.4) is 0 Å². The van der Waals surface area contributed by atoms with Gasteiger partial charge in [0.1, 0.15) is 0 Å². The Morgan fingerprint density at radius 3 is 2.71 bits per heavy atom. The summed E-state index contributed by atoms with van der Waals surface area (Å²) in [4.78, 5) is 22.9. The van der Waals surface area contributed by atoms with E-state index in [-0.39, 0.29) is 24.5 Å². The molecule has 1 aromatic carbocycles. The van der Waals surface area contributed by atoms with Crippen molar-refractivity contribution in [3.63, 3.8) is 0 Å². The van der Waals surface area contributed by atoms with E-state index in [4.69, 9.17) is 9.97 Å². The van der Waals surface area contributed by atoms with Gasteiger partial charge in [-0.25, -0.2) is 0 Å². The summed E-state index contributed by atoms with van der Waals surface area (Å²) in [6.07, 6.45) is 3.80. The molecule has 4 rings (SSSR count). The summed E-state index contributed by atoms with van der Waals surface area (Å²) in [5.41, 5.74) is 3.66. The van der Waals surface area contributed by atoms with E-state index in [1.165, 1.54) is 6.92 Å². The summed E-state index contributed by atoms with van der Waals surface area (Å²) in [6, 6.07) is 7.72. The van der Waals surface area contributed by atoms with Gasteiger partial charge in [0, 0.05) is 31.3 Å². The van der Waals surface area contributed by atoms with E-state index in [1.807, 2.05) is 30.5 Å². The maximum atomic E-state index is 11.2. The molecule has 9 nitrogen and oxygen atoms in total. The Kier molecular flexibility index (Phi) is 6.03. The third-order valence-corrected chi connectivity index (χ3v) is 5.58. The molecule has 0 spiro atoms. The van der Waals surface area contributed by atoms with Crippen LogP contribution in [-0.2, 0) is 11.3 Å². The Labute approximate surface area is 181 Å². The molecule has 9 heteroatoms. The molecule has 0 saturated carbocycles. The largest absolute Gasteiger partial charge is 0.394 e. The lowest BCUT2D eigenvalue weighted by molar-refractivity contribution is -0.114. The average molecular weight is 424 g/mol. The fourth-order valence-corrected chi connectivity index (χ4v) is 3.91. The number of amides is 1. The SMILES string of the molecule is CC(=O)Nc1ccc(CNc2nc(N3CCC[C@H]3CO)nc3c(C(C)C)cnn23)cc1. The molecule has 0 aliphatic carbocycles. The Morgan fingerprint density at radius 2 is 2.03 bits per heavy atom. The predicted octanol–water partition coefficient (Wildman–Crippen LogP) is 2.78. The van der Waals surface area contributed by atoms with Gasteiger partial charge in [-0.05, 0) is 36.5 Å². The molecule has 1 aliphatic heterocycles. The van der Waals surface area contributed by atoms with Crippen LogP contribution in [0.4, 0.5) is 17.6 Å². The second-order valence-corrected chi connectivity index (χ2v) is 8.24. The van der Waals surface area contributed by atoms with Crippen LogP contribution in [0.25, 0.3) is 5.65 Å². The predicted molar refractivity (Wildman–Crippen MR) is 120 cm³/mol. The van der Waals surface area contributed by atoms with Gasteiger partial charge in [-0.3, -0.25) is 4.79 Å². The summed E-state index contributed by atoms with van der Waals surface area (Å²) in [6.45, 7) is 7.20. The van der Waals surface area contributed by atoms with Crippen molar-refractivity contribution < 1.29 is 9.90 Å². The zero-order valence-corrected chi connectivity index (χ0v) is 18.2. The van der Waals surface area contributed by atoms with E-state index in [1.54, 1.807) is 4.52 Å². The minimum absolute atomic E-state index is 0.0436. The van der Waals surface area contributed by atoms with E-state index in [0.717, 1.165) is 41.8 Å². The van der Waals surface area contributed by atoms with Gasteiger partial charge in [0.25, 0.3) is 0 Å². The number of hydrogen-bond donors (Lipinski definition) is 3.